The van der Waals surface area contributed by atoms with Crippen LogP contribution in [0.4, 0.5) is 13.2 Å². The van der Waals surface area contributed by atoms with E-state index in [9.17, 15) is 18.0 Å². The number of hydrogen-bond acceptors (Lipinski definition) is 3. The van der Waals surface area contributed by atoms with Crippen LogP contribution in [0.25, 0.3) is 0 Å². The molecule has 1 amide bonds. The maximum atomic E-state index is 12.9. The van der Waals surface area contributed by atoms with E-state index in [0.717, 1.165) is 6.07 Å². The SMILES string of the molecule is CCNC(=NCc1ccc(C(N)=O)o1)NCCC(C)c1cccc(C(F)(F)F)c1.I. The zero-order chi connectivity index (χ0) is 21.4. The zero-order valence-corrected chi connectivity index (χ0v) is 19.1. The summed E-state index contributed by atoms with van der Waals surface area (Å²) in [5, 5.41) is 6.23. The van der Waals surface area contributed by atoms with E-state index in [1.807, 2.05) is 13.8 Å². The van der Waals surface area contributed by atoms with Gasteiger partial charge >= 0.3 is 6.18 Å². The van der Waals surface area contributed by atoms with Crippen LogP contribution in [0, 0.1) is 0 Å². The summed E-state index contributed by atoms with van der Waals surface area (Å²) in [6.07, 6.45) is -3.72. The minimum absolute atomic E-state index is 0. The smallest absolute Gasteiger partial charge is 0.416 e. The zero-order valence-electron chi connectivity index (χ0n) is 16.8. The first kappa shape index (κ1) is 25.8. The predicted molar refractivity (Wildman–Crippen MR) is 120 cm³/mol. The molecule has 0 spiro atoms. The number of guanidine groups is 1. The van der Waals surface area contributed by atoms with Crippen LogP contribution < -0.4 is 16.4 Å². The molecule has 30 heavy (non-hydrogen) atoms. The third kappa shape index (κ3) is 7.88. The first-order chi connectivity index (χ1) is 13.7. The number of benzene rings is 1. The summed E-state index contributed by atoms with van der Waals surface area (Å²) in [6, 6.07) is 8.51. The molecule has 1 heterocycles. The minimum atomic E-state index is -4.35. The molecule has 10 heteroatoms. The molecule has 2 rings (SSSR count). The van der Waals surface area contributed by atoms with Gasteiger partial charge < -0.3 is 20.8 Å². The monoisotopic (exact) mass is 538 g/mol. The van der Waals surface area contributed by atoms with Gasteiger partial charge in [-0.3, -0.25) is 4.79 Å². The van der Waals surface area contributed by atoms with Gasteiger partial charge in [0.15, 0.2) is 11.7 Å². The fourth-order valence-corrected chi connectivity index (χ4v) is 2.69. The summed E-state index contributed by atoms with van der Waals surface area (Å²) < 4.78 is 43.9. The molecule has 166 valence electrons. The van der Waals surface area contributed by atoms with Crippen LogP contribution >= 0.6 is 24.0 Å². The van der Waals surface area contributed by atoms with Crippen molar-refractivity contribution in [2.45, 2.75) is 38.9 Å². The number of amides is 1. The number of nitrogens with one attached hydrogen (secondary N) is 2. The van der Waals surface area contributed by atoms with Gasteiger partial charge in [0.05, 0.1) is 5.56 Å². The first-order valence-corrected chi connectivity index (χ1v) is 9.28. The summed E-state index contributed by atoms with van der Waals surface area (Å²) in [4.78, 5) is 15.4. The van der Waals surface area contributed by atoms with Crippen LogP contribution in [0.3, 0.4) is 0 Å². The highest BCUT2D eigenvalue weighted by molar-refractivity contribution is 14.0. The van der Waals surface area contributed by atoms with Crippen LogP contribution in [0.5, 0.6) is 0 Å². The van der Waals surface area contributed by atoms with E-state index in [0.29, 0.717) is 36.8 Å². The fraction of sp³-hybridized carbons (Fsp3) is 0.400. The number of carbonyl (C=O) groups excluding carboxylic acids is 1. The van der Waals surface area contributed by atoms with Gasteiger partial charge in [0.1, 0.15) is 12.3 Å². The van der Waals surface area contributed by atoms with Gasteiger partial charge in [-0.2, -0.15) is 13.2 Å². The summed E-state index contributed by atoms with van der Waals surface area (Å²) >= 11 is 0. The van der Waals surface area contributed by atoms with Crippen molar-refractivity contribution in [2.24, 2.45) is 10.7 Å². The molecular formula is C20H26F3IN4O2. The van der Waals surface area contributed by atoms with Crippen LogP contribution in [0.2, 0.25) is 0 Å². The molecule has 6 nitrogen and oxygen atoms in total. The van der Waals surface area contributed by atoms with Gasteiger partial charge in [0.2, 0.25) is 0 Å². The summed E-state index contributed by atoms with van der Waals surface area (Å²) in [5.41, 5.74) is 5.15. The standard InChI is InChI=1S/C20H25F3N4O2.HI/c1-3-25-19(27-12-16-7-8-17(29-16)18(24)28)26-10-9-13(2)14-5-4-6-15(11-14)20(21,22)23;/h4-8,11,13H,3,9-10,12H2,1-2H3,(H2,24,28)(H2,25,26,27);1H. The number of hydrogen-bond donors (Lipinski definition) is 3. The predicted octanol–water partition coefficient (Wildman–Crippen LogP) is 4.26. The Morgan fingerprint density at radius 3 is 2.57 bits per heavy atom. The van der Waals surface area contributed by atoms with E-state index in [4.69, 9.17) is 10.2 Å². The second kappa shape index (κ2) is 11.8. The summed E-state index contributed by atoms with van der Waals surface area (Å²) in [5.74, 6) is 0.405. The average Bonchev–Trinajstić information content (AvgIpc) is 3.15. The summed E-state index contributed by atoms with van der Waals surface area (Å²) in [6.45, 7) is 5.18. The van der Waals surface area contributed by atoms with Gasteiger partial charge in [-0.1, -0.05) is 25.1 Å². The van der Waals surface area contributed by atoms with Crippen molar-refractivity contribution in [3.63, 3.8) is 0 Å². The van der Waals surface area contributed by atoms with E-state index in [1.54, 1.807) is 12.1 Å². The number of carbonyl (C=O) groups is 1. The van der Waals surface area contributed by atoms with Crippen molar-refractivity contribution in [3.8, 4) is 0 Å². The lowest BCUT2D eigenvalue weighted by Crippen LogP contribution is -2.38. The maximum absolute atomic E-state index is 12.9. The van der Waals surface area contributed by atoms with E-state index >= 15 is 0 Å². The number of rotatable bonds is 8. The topological polar surface area (TPSA) is 92.6 Å². The van der Waals surface area contributed by atoms with Crippen molar-refractivity contribution in [1.82, 2.24) is 10.6 Å². The third-order valence-electron chi connectivity index (χ3n) is 4.29. The van der Waals surface area contributed by atoms with Crippen molar-refractivity contribution < 1.29 is 22.4 Å². The highest BCUT2D eigenvalue weighted by atomic mass is 127. The molecule has 1 aromatic carbocycles. The molecule has 2 aromatic rings. The number of furan rings is 1. The first-order valence-electron chi connectivity index (χ1n) is 9.28. The lowest BCUT2D eigenvalue weighted by molar-refractivity contribution is -0.137. The Morgan fingerprint density at radius 1 is 1.23 bits per heavy atom. The van der Waals surface area contributed by atoms with Crippen molar-refractivity contribution in [1.29, 1.82) is 0 Å². The largest absolute Gasteiger partial charge is 0.454 e. The Bertz CT molecular complexity index is 853. The molecule has 0 bridgehead atoms. The molecule has 0 fully saturated rings. The van der Waals surface area contributed by atoms with Crippen molar-refractivity contribution in [2.75, 3.05) is 13.1 Å². The Hall–Kier alpha value is -2.24. The average molecular weight is 538 g/mol. The van der Waals surface area contributed by atoms with Gasteiger partial charge in [-0.15, -0.1) is 24.0 Å². The van der Waals surface area contributed by atoms with Gasteiger partial charge in [0, 0.05) is 13.1 Å². The quantitative estimate of drug-likeness (QED) is 0.266. The van der Waals surface area contributed by atoms with Gasteiger partial charge in [-0.25, -0.2) is 4.99 Å². The number of halogens is 4. The molecular weight excluding hydrogens is 512 g/mol. The lowest BCUT2D eigenvalue weighted by Gasteiger charge is -2.16. The Morgan fingerprint density at radius 2 is 1.97 bits per heavy atom. The van der Waals surface area contributed by atoms with E-state index in [2.05, 4.69) is 15.6 Å². The Kier molecular flexibility index (Phi) is 10.2. The third-order valence-corrected chi connectivity index (χ3v) is 4.29. The highest BCUT2D eigenvalue weighted by Gasteiger charge is 2.30. The molecule has 1 atom stereocenters. The van der Waals surface area contributed by atoms with Crippen LogP contribution in [0.15, 0.2) is 45.8 Å². The molecule has 1 aromatic heterocycles. The highest BCUT2D eigenvalue weighted by Crippen LogP contribution is 2.31. The molecule has 1 unspecified atom stereocenters. The van der Waals surface area contributed by atoms with Crippen LogP contribution in [0.1, 0.15) is 53.6 Å². The molecule has 0 aliphatic carbocycles. The second-order valence-electron chi connectivity index (χ2n) is 6.57. The minimum Gasteiger partial charge on any atom is -0.454 e. The maximum Gasteiger partial charge on any atom is 0.416 e. The van der Waals surface area contributed by atoms with Gasteiger partial charge in [0.25, 0.3) is 5.91 Å². The van der Waals surface area contributed by atoms with Crippen LogP contribution in [-0.2, 0) is 12.7 Å². The number of alkyl halides is 3. The molecule has 4 N–H and O–H groups in total. The van der Waals surface area contributed by atoms with E-state index in [1.165, 1.54) is 18.2 Å². The van der Waals surface area contributed by atoms with E-state index < -0.39 is 17.6 Å². The molecule has 0 radical (unpaired) electrons. The number of aliphatic imine (C=N–C) groups is 1. The number of nitrogens with two attached hydrogens (primary N) is 1. The lowest BCUT2D eigenvalue weighted by atomic mass is 9.96. The Balaban J connectivity index is 0.00000450. The van der Waals surface area contributed by atoms with Crippen molar-refractivity contribution in [3.05, 3.63) is 59.0 Å². The van der Waals surface area contributed by atoms with E-state index in [-0.39, 0.29) is 42.2 Å². The molecule has 0 saturated heterocycles. The van der Waals surface area contributed by atoms with Gasteiger partial charge in [-0.05, 0) is 43.0 Å². The normalized spacial score (nSPS) is 12.8. The fourth-order valence-electron chi connectivity index (χ4n) is 2.69. The number of primary amides is 1. The second-order valence-corrected chi connectivity index (χ2v) is 6.57. The molecule has 0 aliphatic rings. The molecule has 0 saturated carbocycles. The number of nitrogens with zero attached hydrogens (tertiary/aromatic N) is 1. The van der Waals surface area contributed by atoms with Crippen molar-refractivity contribution >= 4 is 35.8 Å². The summed E-state index contributed by atoms with van der Waals surface area (Å²) in [7, 11) is 0. The van der Waals surface area contributed by atoms with Crippen LogP contribution in [-0.4, -0.2) is 25.0 Å². The molecule has 0 aliphatic heterocycles. The Labute approximate surface area is 190 Å².